The molecular formula is C23H23F3N6O2. The highest BCUT2D eigenvalue weighted by Crippen LogP contribution is 2.31. The Morgan fingerprint density at radius 1 is 1.21 bits per heavy atom. The molecule has 178 valence electrons. The Balaban J connectivity index is 1.70. The predicted molar refractivity (Wildman–Crippen MR) is 124 cm³/mol. The highest BCUT2D eigenvalue weighted by Gasteiger charge is 2.24. The van der Waals surface area contributed by atoms with Crippen LogP contribution in [0, 0.1) is 12.7 Å². The Morgan fingerprint density at radius 3 is 2.74 bits per heavy atom. The number of rotatable bonds is 8. The normalized spacial score (nSPS) is 12.3. The number of aromatic amines is 1. The maximum absolute atomic E-state index is 14.3. The van der Waals surface area contributed by atoms with Gasteiger partial charge in [0.1, 0.15) is 11.6 Å². The van der Waals surface area contributed by atoms with Crippen molar-refractivity contribution in [2.45, 2.75) is 33.4 Å². The fraction of sp³-hybridized carbons (Fsp3) is 0.261. The molecule has 0 radical (unpaired) electrons. The van der Waals surface area contributed by atoms with E-state index in [-0.39, 0.29) is 23.5 Å². The van der Waals surface area contributed by atoms with E-state index in [0.29, 0.717) is 39.4 Å². The zero-order valence-electron chi connectivity index (χ0n) is 18.7. The number of oxazole rings is 1. The largest absolute Gasteiger partial charge is 0.417 e. The molecule has 0 amide bonds. The molecule has 0 bridgehead atoms. The van der Waals surface area contributed by atoms with Gasteiger partial charge in [0.25, 0.3) is 0 Å². The number of nitrogens with zero attached hydrogens (tertiary/aromatic N) is 3. The summed E-state index contributed by atoms with van der Waals surface area (Å²) in [5, 5.41) is 6.19. The van der Waals surface area contributed by atoms with Gasteiger partial charge in [-0.1, -0.05) is 6.92 Å². The summed E-state index contributed by atoms with van der Waals surface area (Å²) in [5.41, 5.74) is 2.46. The molecule has 1 unspecified atom stereocenters. The number of nitrogens with one attached hydrogen (secondary N) is 3. The fourth-order valence-electron chi connectivity index (χ4n) is 3.57. The van der Waals surface area contributed by atoms with Crippen molar-refractivity contribution in [1.82, 2.24) is 20.3 Å². The van der Waals surface area contributed by atoms with Crippen molar-refractivity contribution in [3.05, 3.63) is 70.1 Å². The molecule has 8 nitrogen and oxygen atoms in total. The van der Waals surface area contributed by atoms with Crippen LogP contribution < -0.4 is 21.3 Å². The molecule has 0 aliphatic heterocycles. The lowest BCUT2D eigenvalue weighted by molar-refractivity contribution is 0.154. The van der Waals surface area contributed by atoms with E-state index in [2.05, 4.69) is 25.6 Å². The molecule has 4 rings (SSSR count). The average molecular weight is 472 g/mol. The number of anilines is 4. The number of aromatic nitrogens is 3. The molecule has 0 aliphatic rings. The predicted octanol–water partition coefficient (Wildman–Crippen LogP) is 5.13. The zero-order valence-corrected chi connectivity index (χ0v) is 18.7. The van der Waals surface area contributed by atoms with Gasteiger partial charge in [-0.05, 0) is 62.4 Å². The van der Waals surface area contributed by atoms with Crippen LogP contribution in [0.15, 0.2) is 51.8 Å². The third-order valence-electron chi connectivity index (χ3n) is 5.24. The maximum atomic E-state index is 14.3. The van der Waals surface area contributed by atoms with Crippen LogP contribution in [-0.4, -0.2) is 28.0 Å². The minimum Gasteiger partial charge on any atom is -0.408 e. The van der Waals surface area contributed by atoms with Crippen LogP contribution in [0.25, 0.3) is 11.1 Å². The van der Waals surface area contributed by atoms with Crippen molar-refractivity contribution < 1.29 is 17.6 Å². The summed E-state index contributed by atoms with van der Waals surface area (Å²) in [4.78, 5) is 22.9. The summed E-state index contributed by atoms with van der Waals surface area (Å²) in [6, 6.07) is 8.47. The van der Waals surface area contributed by atoms with E-state index in [0.717, 1.165) is 6.07 Å². The van der Waals surface area contributed by atoms with E-state index in [4.69, 9.17) is 4.42 Å². The summed E-state index contributed by atoms with van der Waals surface area (Å²) in [5.74, 6) is -1.25. The first-order chi connectivity index (χ1) is 16.2. The molecule has 0 spiro atoms. The van der Waals surface area contributed by atoms with Gasteiger partial charge in [0.2, 0.25) is 5.95 Å². The molecule has 2 aromatic carbocycles. The van der Waals surface area contributed by atoms with E-state index >= 15 is 0 Å². The lowest BCUT2D eigenvalue weighted by Crippen LogP contribution is -2.26. The number of hydrogen-bond donors (Lipinski definition) is 3. The number of fused-ring (bicyclic) bond motifs is 1. The van der Waals surface area contributed by atoms with Gasteiger partial charge < -0.3 is 15.1 Å². The van der Waals surface area contributed by atoms with Crippen molar-refractivity contribution >= 4 is 34.2 Å². The Morgan fingerprint density at radius 2 is 2.00 bits per heavy atom. The molecule has 0 saturated carbocycles. The summed E-state index contributed by atoms with van der Waals surface area (Å²) in [7, 11) is 0. The second kappa shape index (κ2) is 9.56. The highest BCUT2D eigenvalue weighted by molar-refractivity contribution is 5.78. The Labute approximate surface area is 192 Å². The van der Waals surface area contributed by atoms with Crippen molar-refractivity contribution in [2.75, 3.05) is 16.8 Å². The van der Waals surface area contributed by atoms with Gasteiger partial charge in [-0.3, -0.25) is 9.88 Å². The number of alkyl halides is 2. The third kappa shape index (κ3) is 4.88. The van der Waals surface area contributed by atoms with Gasteiger partial charge in [-0.2, -0.15) is 13.8 Å². The molecule has 0 fully saturated rings. The summed E-state index contributed by atoms with van der Waals surface area (Å²) in [6.45, 7) is 3.06. The van der Waals surface area contributed by atoms with Crippen LogP contribution >= 0.6 is 0 Å². The first kappa shape index (κ1) is 23.3. The van der Waals surface area contributed by atoms with Crippen LogP contribution in [0.3, 0.4) is 0 Å². The molecule has 3 N–H and O–H groups in total. The second-order valence-corrected chi connectivity index (χ2v) is 7.72. The Hall–Kier alpha value is -3.86. The summed E-state index contributed by atoms with van der Waals surface area (Å²) in [6.07, 6.45) is 1.40. The lowest BCUT2D eigenvalue weighted by atomic mass is 10.1. The SMILES string of the molecule is CCNC(C)c1cc(F)cc(N(c2ncc(C)c(Nc3ccc4oc(=O)[nH]c4c3)n2)C(F)F)c1. The van der Waals surface area contributed by atoms with Crippen molar-refractivity contribution in [1.29, 1.82) is 0 Å². The number of halogens is 3. The van der Waals surface area contributed by atoms with E-state index in [1.165, 1.54) is 18.3 Å². The summed E-state index contributed by atoms with van der Waals surface area (Å²) < 4.78 is 47.7. The standard InChI is InChI=1S/C23H23F3N6O2/c1-4-27-13(3)14-7-15(24)9-17(8-14)32(21(25)26)22-28-11-12(2)20(31-22)29-16-5-6-19-18(10-16)30-23(33)34-19/h5-11,13,21,27H,4H2,1-3H3,(H,30,33)(H,28,29,31). The second-order valence-electron chi connectivity index (χ2n) is 7.72. The van der Waals surface area contributed by atoms with Crippen LogP contribution in [0.2, 0.25) is 0 Å². The zero-order chi connectivity index (χ0) is 24.4. The topological polar surface area (TPSA) is 99.1 Å². The van der Waals surface area contributed by atoms with Crippen LogP contribution in [-0.2, 0) is 0 Å². The van der Waals surface area contributed by atoms with E-state index in [1.54, 1.807) is 25.1 Å². The maximum Gasteiger partial charge on any atom is 0.417 e. The van der Waals surface area contributed by atoms with Crippen molar-refractivity contribution in [3.8, 4) is 0 Å². The number of benzene rings is 2. The van der Waals surface area contributed by atoms with E-state index in [1.807, 2.05) is 13.8 Å². The first-order valence-electron chi connectivity index (χ1n) is 10.6. The Kier molecular flexibility index (Phi) is 6.55. The minimum atomic E-state index is -3.02. The van der Waals surface area contributed by atoms with Gasteiger partial charge in [0, 0.05) is 23.5 Å². The highest BCUT2D eigenvalue weighted by atomic mass is 19.3. The summed E-state index contributed by atoms with van der Waals surface area (Å²) >= 11 is 0. The van der Waals surface area contributed by atoms with E-state index in [9.17, 15) is 18.0 Å². The molecule has 4 aromatic rings. The van der Waals surface area contributed by atoms with Gasteiger partial charge in [-0.25, -0.2) is 14.2 Å². The van der Waals surface area contributed by atoms with Crippen molar-refractivity contribution in [3.63, 3.8) is 0 Å². The van der Waals surface area contributed by atoms with Gasteiger partial charge in [0.15, 0.2) is 5.58 Å². The molecule has 0 saturated heterocycles. The third-order valence-corrected chi connectivity index (χ3v) is 5.24. The number of H-pyrrole nitrogens is 1. The minimum absolute atomic E-state index is 0.0676. The molecule has 11 heteroatoms. The lowest BCUT2D eigenvalue weighted by Gasteiger charge is -2.24. The number of aryl methyl sites for hydroxylation is 1. The van der Waals surface area contributed by atoms with E-state index < -0.39 is 18.1 Å². The molecule has 0 aliphatic carbocycles. The quantitative estimate of drug-likeness (QED) is 0.306. The van der Waals surface area contributed by atoms with Gasteiger partial charge >= 0.3 is 12.3 Å². The van der Waals surface area contributed by atoms with Gasteiger partial charge in [0.05, 0.1) is 11.2 Å². The smallest absolute Gasteiger partial charge is 0.408 e. The van der Waals surface area contributed by atoms with Crippen LogP contribution in [0.4, 0.5) is 36.3 Å². The number of hydrogen-bond acceptors (Lipinski definition) is 7. The van der Waals surface area contributed by atoms with Crippen LogP contribution in [0.5, 0.6) is 0 Å². The molecule has 34 heavy (non-hydrogen) atoms. The monoisotopic (exact) mass is 472 g/mol. The average Bonchev–Trinajstić information content (AvgIpc) is 3.15. The van der Waals surface area contributed by atoms with Gasteiger partial charge in [-0.15, -0.1) is 0 Å². The first-order valence-corrected chi connectivity index (χ1v) is 10.6. The van der Waals surface area contributed by atoms with Crippen molar-refractivity contribution in [2.24, 2.45) is 0 Å². The molecular weight excluding hydrogens is 449 g/mol. The Bertz CT molecular complexity index is 1370. The molecule has 2 aromatic heterocycles. The van der Waals surface area contributed by atoms with Crippen LogP contribution in [0.1, 0.15) is 31.0 Å². The fourth-order valence-corrected chi connectivity index (χ4v) is 3.57. The molecule has 1 atom stereocenters. The molecule has 2 heterocycles.